The van der Waals surface area contributed by atoms with Gasteiger partial charge in [0.1, 0.15) is 5.75 Å². The van der Waals surface area contributed by atoms with Crippen LogP contribution in [0, 0.1) is 5.92 Å². The Morgan fingerprint density at radius 3 is 2.50 bits per heavy atom. The first-order valence-corrected chi connectivity index (χ1v) is 9.58. The van der Waals surface area contributed by atoms with Gasteiger partial charge < -0.3 is 4.74 Å². The smallest absolute Gasteiger partial charge is 0.387 e. The number of hydrogen-bond acceptors (Lipinski definition) is 5. The van der Waals surface area contributed by atoms with Crippen LogP contribution in [0.15, 0.2) is 30.3 Å². The van der Waals surface area contributed by atoms with E-state index in [1.807, 2.05) is 0 Å². The van der Waals surface area contributed by atoms with Crippen LogP contribution in [0.25, 0.3) is 6.08 Å². The topological polar surface area (TPSA) is 102 Å². The van der Waals surface area contributed by atoms with Crippen molar-refractivity contribution in [3.8, 4) is 5.75 Å². The van der Waals surface area contributed by atoms with Crippen molar-refractivity contribution >= 4 is 27.7 Å². The highest BCUT2D eigenvalue weighted by Gasteiger charge is 2.29. The van der Waals surface area contributed by atoms with Crippen molar-refractivity contribution in [3.05, 3.63) is 35.9 Å². The van der Waals surface area contributed by atoms with Crippen LogP contribution in [0.4, 0.5) is 8.78 Å². The molecular formula is C16H18F2N2O5S. The molecule has 0 spiro atoms. The van der Waals surface area contributed by atoms with Crippen LogP contribution >= 0.6 is 0 Å². The Morgan fingerprint density at radius 2 is 1.92 bits per heavy atom. The number of hydrazine groups is 1. The largest absolute Gasteiger partial charge is 0.435 e. The fourth-order valence-electron chi connectivity index (χ4n) is 2.45. The zero-order chi connectivity index (χ0) is 19.2. The summed E-state index contributed by atoms with van der Waals surface area (Å²) < 4.78 is 50.9. The van der Waals surface area contributed by atoms with Crippen molar-refractivity contribution in [1.82, 2.24) is 10.9 Å². The second kappa shape index (κ2) is 8.75. The molecule has 1 aliphatic rings. The lowest BCUT2D eigenvalue weighted by Crippen LogP contribution is -2.41. The van der Waals surface area contributed by atoms with Crippen molar-refractivity contribution in [2.45, 2.75) is 19.5 Å². The molecule has 2 amide bonds. The molecule has 0 aliphatic carbocycles. The van der Waals surface area contributed by atoms with E-state index >= 15 is 0 Å². The molecule has 26 heavy (non-hydrogen) atoms. The van der Waals surface area contributed by atoms with Gasteiger partial charge in [-0.15, -0.1) is 0 Å². The molecule has 1 aliphatic heterocycles. The minimum absolute atomic E-state index is 0.00259. The molecule has 1 fully saturated rings. The molecule has 1 atom stereocenters. The van der Waals surface area contributed by atoms with Crippen LogP contribution in [-0.4, -0.2) is 38.3 Å². The van der Waals surface area contributed by atoms with Gasteiger partial charge in [-0.1, -0.05) is 12.1 Å². The number of alkyl halides is 2. The number of hydrogen-bond donors (Lipinski definition) is 2. The highest BCUT2D eigenvalue weighted by molar-refractivity contribution is 7.91. The predicted octanol–water partition coefficient (Wildman–Crippen LogP) is 1.27. The molecule has 10 heteroatoms. The molecule has 0 saturated carbocycles. The number of amides is 2. The lowest BCUT2D eigenvalue weighted by Gasteiger charge is -2.08. The molecule has 142 valence electrons. The van der Waals surface area contributed by atoms with Crippen molar-refractivity contribution < 1.29 is 31.5 Å². The summed E-state index contributed by atoms with van der Waals surface area (Å²) in [5, 5.41) is 0. The van der Waals surface area contributed by atoms with Gasteiger partial charge in [-0.2, -0.15) is 8.78 Å². The highest BCUT2D eigenvalue weighted by Crippen LogP contribution is 2.21. The summed E-state index contributed by atoms with van der Waals surface area (Å²) >= 11 is 0. The monoisotopic (exact) mass is 388 g/mol. The van der Waals surface area contributed by atoms with E-state index in [1.54, 1.807) is 0 Å². The number of rotatable bonds is 6. The van der Waals surface area contributed by atoms with Gasteiger partial charge in [-0.3, -0.25) is 20.4 Å². The molecular weight excluding hydrogens is 370 g/mol. The Kier molecular flexibility index (Phi) is 6.67. The van der Waals surface area contributed by atoms with E-state index in [1.165, 1.54) is 30.3 Å². The Labute approximate surface area is 149 Å². The second-order valence-corrected chi connectivity index (χ2v) is 8.02. The van der Waals surface area contributed by atoms with E-state index in [4.69, 9.17) is 0 Å². The Hall–Kier alpha value is -2.49. The lowest BCUT2D eigenvalue weighted by molar-refractivity contribution is -0.127. The van der Waals surface area contributed by atoms with Crippen LogP contribution < -0.4 is 15.6 Å². The number of carbonyl (C=O) groups is 2. The molecule has 7 nitrogen and oxygen atoms in total. The summed E-state index contributed by atoms with van der Waals surface area (Å²) in [5.74, 6) is -1.22. The zero-order valence-corrected chi connectivity index (χ0v) is 14.5. The van der Waals surface area contributed by atoms with Crippen molar-refractivity contribution in [3.63, 3.8) is 0 Å². The molecule has 0 aromatic heterocycles. The zero-order valence-electron chi connectivity index (χ0n) is 13.7. The molecule has 0 radical (unpaired) electrons. The molecule has 1 aromatic rings. The van der Waals surface area contributed by atoms with E-state index in [9.17, 15) is 26.8 Å². The van der Waals surface area contributed by atoms with Gasteiger partial charge in [0.15, 0.2) is 9.84 Å². The van der Waals surface area contributed by atoms with Crippen LogP contribution in [0.1, 0.15) is 18.4 Å². The standard InChI is InChI=1S/C16H18F2N2O5S/c17-16(18)25-13-4-1-11(2-5-13)3-6-14(21)19-20-15(22)9-12-7-8-26(23,24)10-12/h1-6,12,16H,7-10H2,(H,19,21)(H,20,22)/b6-3+. The number of ether oxygens (including phenoxy) is 1. The van der Waals surface area contributed by atoms with Crippen molar-refractivity contribution in [2.75, 3.05) is 11.5 Å². The first-order chi connectivity index (χ1) is 12.2. The molecule has 1 unspecified atom stereocenters. The first-order valence-electron chi connectivity index (χ1n) is 7.76. The second-order valence-electron chi connectivity index (χ2n) is 5.79. The third kappa shape index (κ3) is 6.79. The maximum Gasteiger partial charge on any atom is 0.387 e. The van der Waals surface area contributed by atoms with Crippen LogP contribution in [0.5, 0.6) is 5.75 Å². The minimum Gasteiger partial charge on any atom is -0.435 e. The summed E-state index contributed by atoms with van der Waals surface area (Å²) in [4.78, 5) is 23.3. The number of sulfone groups is 1. The van der Waals surface area contributed by atoms with Gasteiger partial charge in [0, 0.05) is 12.5 Å². The van der Waals surface area contributed by atoms with E-state index in [0.29, 0.717) is 12.0 Å². The first kappa shape index (κ1) is 19.8. The van der Waals surface area contributed by atoms with Gasteiger partial charge >= 0.3 is 6.61 Å². The SMILES string of the molecule is O=C(/C=C/c1ccc(OC(F)F)cc1)NNC(=O)CC1CCS(=O)(=O)C1. The predicted molar refractivity (Wildman–Crippen MR) is 89.8 cm³/mol. The fraction of sp³-hybridized carbons (Fsp3) is 0.375. The lowest BCUT2D eigenvalue weighted by atomic mass is 10.1. The third-order valence-corrected chi connectivity index (χ3v) is 5.50. The highest BCUT2D eigenvalue weighted by atomic mass is 32.2. The summed E-state index contributed by atoms with van der Waals surface area (Å²) in [7, 11) is -3.05. The van der Waals surface area contributed by atoms with E-state index < -0.39 is 28.3 Å². The average Bonchev–Trinajstić information content (AvgIpc) is 2.90. The number of nitrogens with one attached hydrogen (secondary N) is 2. The Morgan fingerprint density at radius 1 is 1.23 bits per heavy atom. The molecule has 1 heterocycles. The minimum atomic E-state index is -3.05. The van der Waals surface area contributed by atoms with E-state index in [-0.39, 0.29) is 29.6 Å². The maximum absolute atomic E-state index is 12.0. The van der Waals surface area contributed by atoms with Crippen LogP contribution in [0.2, 0.25) is 0 Å². The van der Waals surface area contributed by atoms with Gasteiger partial charge in [0.2, 0.25) is 5.91 Å². The maximum atomic E-state index is 12.0. The normalized spacial score (nSPS) is 18.8. The van der Waals surface area contributed by atoms with Gasteiger partial charge in [-0.25, -0.2) is 8.42 Å². The Balaban J connectivity index is 1.74. The van der Waals surface area contributed by atoms with Gasteiger partial charge in [0.05, 0.1) is 11.5 Å². The summed E-state index contributed by atoms with van der Waals surface area (Å²) in [5.41, 5.74) is 4.98. The summed E-state index contributed by atoms with van der Waals surface area (Å²) in [6.45, 7) is -2.91. The molecule has 2 rings (SSSR count). The van der Waals surface area contributed by atoms with E-state index in [0.717, 1.165) is 6.08 Å². The van der Waals surface area contributed by atoms with Gasteiger partial charge in [0.25, 0.3) is 5.91 Å². The molecule has 0 bridgehead atoms. The Bertz CT molecular complexity index is 778. The summed E-state index contributed by atoms with van der Waals surface area (Å²) in [6, 6.07) is 5.64. The third-order valence-electron chi connectivity index (χ3n) is 3.66. The van der Waals surface area contributed by atoms with Crippen LogP contribution in [-0.2, 0) is 19.4 Å². The average molecular weight is 388 g/mol. The molecule has 1 aromatic carbocycles. The van der Waals surface area contributed by atoms with E-state index in [2.05, 4.69) is 15.6 Å². The summed E-state index contributed by atoms with van der Waals surface area (Å²) in [6.07, 6.45) is 3.05. The number of carbonyl (C=O) groups excluding carboxylic acids is 2. The fourth-order valence-corrected chi connectivity index (χ4v) is 4.31. The molecule has 2 N–H and O–H groups in total. The van der Waals surface area contributed by atoms with Crippen molar-refractivity contribution in [1.29, 1.82) is 0 Å². The number of halogens is 2. The van der Waals surface area contributed by atoms with Crippen LogP contribution in [0.3, 0.4) is 0 Å². The number of benzene rings is 1. The van der Waals surface area contributed by atoms with Gasteiger partial charge in [-0.05, 0) is 36.1 Å². The molecule has 1 saturated heterocycles. The quantitative estimate of drug-likeness (QED) is 0.565. The van der Waals surface area contributed by atoms with Crippen molar-refractivity contribution in [2.24, 2.45) is 5.92 Å².